The minimum atomic E-state index is -1.01. The van der Waals surface area contributed by atoms with Crippen LogP contribution >= 0.6 is 27.7 Å². The first kappa shape index (κ1) is 25.3. The largest absolute Gasteiger partial charge is 0.481 e. The Hall–Kier alpha value is -1.84. The molecule has 0 saturated carbocycles. The maximum Gasteiger partial charge on any atom is 0.308 e. The van der Waals surface area contributed by atoms with Crippen LogP contribution in [0, 0.1) is 11.8 Å². The number of thioether (sulfide) groups is 1. The van der Waals surface area contributed by atoms with Gasteiger partial charge in [0.15, 0.2) is 0 Å². The highest BCUT2D eigenvalue weighted by Gasteiger charge is 2.76. The van der Waals surface area contributed by atoms with Gasteiger partial charge >= 0.3 is 5.97 Å². The van der Waals surface area contributed by atoms with E-state index in [2.05, 4.69) is 29.4 Å². The minimum Gasteiger partial charge on any atom is -0.481 e. The van der Waals surface area contributed by atoms with Crippen LogP contribution in [0.5, 0.6) is 0 Å². The smallest absolute Gasteiger partial charge is 0.308 e. The number of hydrogen-bond donors (Lipinski definition) is 2. The zero-order valence-electron chi connectivity index (χ0n) is 19.2. The number of benzene rings is 1. The number of amides is 2. The first-order valence-corrected chi connectivity index (χ1v) is 13.5. The third-order valence-electron chi connectivity index (χ3n) is 7.38. The van der Waals surface area contributed by atoms with Crippen molar-refractivity contribution >= 4 is 45.5 Å². The number of aliphatic hydroxyl groups excluding tert-OH is 1. The van der Waals surface area contributed by atoms with Gasteiger partial charge in [0, 0.05) is 23.2 Å². The van der Waals surface area contributed by atoms with Crippen molar-refractivity contribution in [2.45, 2.75) is 53.1 Å². The molecule has 0 radical (unpaired) electrons. The maximum atomic E-state index is 14.2. The summed E-state index contributed by atoms with van der Waals surface area (Å²) < 4.78 is -0.857. The molecule has 9 heteroatoms. The zero-order valence-corrected chi connectivity index (χ0v) is 21.6. The summed E-state index contributed by atoms with van der Waals surface area (Å²) in [6.07, 6.45) is 3.93. The van der Waals surface area contributed by atoms with E-state index in [1.807, 2.05) is 30.3 Å². The van der Waals surface area contributed by atoms with Crippen LogP contribution in [-0.4, -0.2) is 78.4 Å². The van der Waals surface area contributed by atoms with Crippen LogP contribution in [0.1, 0.15) is 37.8 Å². The quantitative estimate of drug-likeness (QED) is 0.343. The number of likely N-dealkylation sites (tertiary alicyclic amines) is 1. The van der Waals surface area contributed by atoms with Gasteiger partial charge in [0.2, 0.25) is 11.8 Å². The molecule has 0 aliphatic carbocycles. The van der Waals surface area contributed by atoms with Gasteiger partial charge in [-0.25, -0.2) is 0 Å². The lowest BCUT2D eigenvalue weighted by molar-refractivity contribution is -0.149. The van der Waals surface area contributed by atoms with E-state index >= 15 is 0 Å². The maximum absolute atomic E-state index is 14.2. The van der Waals surface area contributed by atoms with Crippen molar-refractivity contribution in [2.24, 2.45) is 11.8 Å². The van der Waals surface area contributed by atoms with Crippen LogP contribution in [0.3, 0.4) is 0 Å². The molecule has 3 aliphatic heterocycles. The fraction of sp³-hybridized carbons (Fsp3) is 0.560. The van der Waals surface area contributed by atoms with E-state index in [0.717, 1.165) is 18.4 Å². The summed E-state index contributed by atoms with van der Waals surface area (Å²) in [5.41, 5.74) is 0.721. The molecular weight excluding hydrogens is 520 g/mol. The molecule has 184 valence electrons. The summed E-state index contributed by atoms with van der Waals surface area (Å²) in [4.78, 5) is 43.6. The van der Waals surface area contributed by atoms with Crippen molar-refractivity contribution in [1.82, 2.24) is 9.80 Å². The number of halogens is 1. The van der Waals surface area contributed by atoms with Crippen molar-refractivity contribution in [3.8, 4) is 0 Å². The number of rotatable bonds is 10. The van der Waals surface area contributed by atoms with E-state index in [4.69, 9.17) is 0 Å². The summed E-state index contributed by atoms with van der Waals surface area (Å²) in [6, 6.07) is 7.56. The Morgan fingerprint density at radius 1 is 1.38 bits per heavy atom. The van der Waals surface area contributed by atoms with Gasteiger partial charge in [-0.1, -0.05) is 65.7 Å². The van der Waals surface area contributed by atoms with Gasteiger partial charge in [-0.2, -0.15) is 0 Å². The van der Waals surface area contributed by atoms with Gasteiger partial charge in [-0.3, -0.25) is 14.4 Å². The Morgan fingerprint density at radius 2 is 2.09 bits per heavy atom. The summed E-state index contributed by atoms with van der Waals surface area (Å²) >= 11 is 5.13. The van der Waals surface area contributed by atoms with Crippen LogP contribution in [0.2, 0.25) is 0 Å². The second-order valence-corrected chi connectivity index (χ2v) is 12.0. The third kappa shape index (κ3) is 3.89. The average Bonchev–Trinajstić information content (AvgIpc) is 3.41. The number of nitrogens with zero attached hydrogens (tertiary/aromatic N) is 2. The van der Waals surface area contributed by atoms with Gasteiger partial charge in [-0.15, -0.1) is 18.3 Å². The number of alkyl halides is 1. The molecule has 1 spiro atoms. The van der Waals surface area contributed by atoms with E-state index in [9.17, 15) is 24.6 Å². The Morgan fingerprint density at radius 3 is 2.68 bits per heavy atom. The highest BCUT2D eigenvalue weighted by atomic mass is 79.9. The molecule has 7 atom stereocenters. The molecule has 2 amide bonds. The van der Waals surface area contributed by atoms with Gasteiger partial charge in [0.05, 0.1) is 29.2 Å². The van der Waals surface area contributed by atoms with Crippen LogP contribution in [-0.2, 0) is 14.4 Å². The predicted octanol–water partition coefficient (Wildman–Crippen LogP) is 3.08. The van der Waals surface area contributed by atoms with Gasteiger partial charge < -0.3 is 20.0 Å². The lowest BCUT2D eigenvalue weighted by Crippen LogP contribution is -2.56. The number of carbonyl (C=O) groups is 3. The molecule has 3 saturated heterocycles. The molecular formula is C25H31BrN2O5S. The molecule has 2 bridgehead atoms. The lowest BCUT2D eigenvalue weighted by atomic mass is 9.71. The number of carboxylic acids is 1. The SMILES string of the molecule is C=CCN(CCCC)C(=O)C1N([C@H](CO)c2ccccc2)C(=O)[C@@H]2[C@@H](C(=O)O)[C@@H]3SC12CC3Br. The second-order valence-electron chi connectivity index (χ2n) is 9.28. The van der Waals surface area contributed by atoms with Crippen LogP contribution in [0.4, 0.5) is 0 Å². The number of unbranched alkanes of at least 4 members (excludes halogenated alkanes) is 1. The van der Waals surface area contributed by atoms with Crippen molar-refractivity contribution < 1.29 is 24.6 Å². The first-order valence-electron chi connectivity index (χ1n) is 11.7. The van der Waals surface area contributed by atoms with E-state index in [-0.39, 0.29) is 28.5 Å². The third-order valence-corrected chi connectivity index (χ3v) is 10.6. The predicted molar refractivity (Wildman–Crippen MR) is 135 cm³/mol. The monoisotopic (exact) mass is 550 g/mol. The Balaban J connectivity index is 1.84. The fourth-order valence-electron chi connectivity index (χ4n) is 5.96. The molecule has 1 aromatic rings. The Kier molecular flexibility index (Phi) is 7.45. The molecule has 3 heterocycles. The Labute approximate surface area is 212 Å². The topological polar surface area (TPSA) is 98.2 Å². The molecule has 3 unspecified atom stereocenters. The van der Waals surface area contributed by atoms with E-state index < -0.39 is 34.6 Å². The second kappa shape index (κ2) is 10.0. The van der Waals surface area contributed by atoms with Crippen molar-refractivity contribution in [1.29, 1.82) is 0 Å². The molecule has 34 heavy (non-hydrogen) atoms. The lowest BCUT2D eigenvalue weighted by Gasteiger charge is -2.40. The number of fused-ring (bicyclic) bond motifs is 1. The van der Waals surface area contributed by atoms with E-state index in [1.165, 1.54) is 16.7 Å². The van der Waals surface area contributed by atoms with Crippen LogP contribution in [0.15, 0.2) is 43.0 Å². The van der Waals surface area contributed by atoms with Gasteiger partial charge in [-0.05, 0) is 18.4 Å². The molecule has 4 rings (SSSR count). The zero-order chi connectivity index (χ0) is 24.6. The highest BCUT2D eigenvalue weighted by Crippen LogP contribution is 2.68. The van der Waals surface area contributed by atoms with Crippen molar-refractivity contribution in [3.63, 3.8) is 0 Å². The molecule has 0 aromatic heterocycles. The standard InChI is InChI=1S/C25H31BrN2O5S/c1-3-5-12-27(11-4-2)23(31)21-25-13-16(26)20(34-25)18(24(32)33)19(25)22(30)28(21)17(14-29)15-9-7-6-8-10-15/h4,6-10,16-21,29H,2-3,5,11-14H2,1H3,(H,32,33)/t16?,17-,18-,19+,20-,21?,25?/m1/s1. The molecule has 2 N–H and O–H groups in total. The fourth-order valence-corrected chi connectivity index (χ4v) is 9.55. The number of aliphatic hydroxyl groups is 1. The van der Waals surface area contributed by atoms with E-state index in [0.29, 0.717) is 19.5 Å². The van der Waals surface area contributed by atoms with Crippen molar-refractivity contribution in [2.75, 3.05) is 19.7 Å². The first-order chi connectivity index (χ1) is 16.3. The summed E-state index contributed by atoms with van der Waals surface area (Å²) in [7, 11) is 0. The van der Waals surface area contributed by atoms with Crippen LogP contribution in [0.25, 0.3) is 0 Å². The minimum absolute atomic E-state index is 0.106. The number of hydrogen-bond acceptors (Lipinski definition) is 5. The summed E-state index contributed by atoms with van der Waals surface area (Å²) in [6.45, 7) is 6.38. The number of carboxylic acid groups (broad SMARTS) is 1. The Bertz CT molecular complexity index is 962. The summed E-state index contributed by atoms with van der Waals surface area (Å²) in [5.74, 6) is -3.24. The van der Waals surface area contributed by atoms with E-state index in [1.54, 1.807) is 11.0 Å². The highest BCUT2D eigenvalue weighted by molar-refractivity contribution is 9.09. The summed E-state index contributed by atoms with van der Waals surface area (Å²) in [5, 5.41) is 20.2. The molecule has 3 aliphatic rings. The number of aliphatic carboxylic acids is 1. The molecule has 1 aromatic carbocycles. The molecule has 7 nitrogen and oxygen atoms in total. The van der Waals surface area contributed by atoms with Gasteiger partial charge in [0.1, 0.15) is 6.04 Å². The molecule has 3 fully saturated rings. The normalized spacial score (nSPS) is 32.5. The average molecular weight is 552 g/mol. The number of carbonyl (C=O) groups excluding carboxylic acids is 2. The van der Waals surface area contributed by atoms with Crippen molar-refractivity contribution in [3.05, 3.63) is 48.6 Å². The van der Waals surface area contributed by atoms with Crippen LogP contribution < -0.4 is 0 Å². The van der Waals surface area contributed by atoms with Gasteiger partial charge in [0.25, 0.3) is 0 Å².